The maximum Gasteiger partial charge on any atom is 0.416 e. The highest BCUT2D eigenvalue weighted by molar-refractivity contribution is 7.90. The number of pyridine rings is 1. The predicted octanol–water partition coefficient (Wildman–Crippen LogP) is 4.31. The Hall–Kier alpha value is -3.40. The first kappa shape index (κ1) is 25.2. The second kappa shape index (κ2) is 9.46. The van der Waals surface area contributed by atoms with Crippen molar-refractivity contribution in [3.63, 3.8) is 0 Å². The van der Waals surface area contributed by atoms with Gasteiger partial charge in [0.15, 0.2) is 9.84 Å². The van der Waals surface area contributed by atoms with Crippen LogP contribution in [0, 0.1) is 0 Å². The number of carbonyl (C=O) groups is 1. The van der Waals surface area contributed by atoms with Crippen molar-refractivity contribution in [3.05, 3.63) is 93.4 Å². The molecule has 0 radical (unpaired) electrons. The van der Waals surface area contributed by atoms with Gasteiger partial charge in [-0.1, -0.05) is 32.0 Å². The fourth-order valence-electron chi connectivity index (χ4n) is 3.40. The molecule has 1 aromatic heterocycles. The van der Waals surface area contributed by atoms with Crippen molar-refractivity contribution in [2.45, 2.75) is 37.4 Å². The van der Waals surface area contributed by atoms with Crippen molar-refractivity contribution in [2.24, 2.45) is 0 Å². The highest BCUT2D eigenvalue weighted by atomic mass is 32.2. The number of hydrogen-bond acceptors (Lipinski definition) is 4. The van der Waals surface area contributed by atoms with Gasteiger partial charge in [0.05, 0.1) is 10.5 Å². The van der Waals surface area contributed by atoms with E-state index < -0.39 is 33.0 Å². The Labute approximate surface area is 195 Å². The molecule has 2 aromatic carbocycles. The molecule has 0 aliphatic rings. The minimum atomic E-state index is -4.58. The SMILES string of the molecule is CC(C)c1ccc(C(=O)NCc2ccc(S(C)(=O)=O)cc2)c(=O)n1-c1cccc(C(F)(F)F)c1. The molecule has 0 aliphatic carbocycles. The van der Waals surface area contributed by atoms with Crippen LogP contribution in [0.4, 0.5) is 13.2 Å². The Morgan fingerprint density at radius 2 is 1.68 bits per heavy atom. The van der Waals surface area contributed by atoms with E-state index in [0.717, 1.165) is 23.0 Å². The lowest BCUT2D eigenvalue weighted by Crippen LogP contribution is -2.33. The average molecular weight is 493 g/mol. The van der Waals surface area contributed by atoms with E-state index in [1.165, 1.54) is 30.3 Å². The van der Waals surface area contributed by atoms with Crippen LogP contribution in [0.1, 0.15) is 46.9 Å². The van der Waals surface area contributed by atoms with E-state index in [1.54, 1.807) is 32.0 Å². The van der Waals surface area contributed by atoms with E-state index >= 15 is 0 Å². The van der Waals surface area contributed by atoms with Gasteiger partial charge in [-0.25, -0.2) is 8.42 Å². The van der Waals surface area contributed by atoms with Crippen molar-refractivity contribution in [2.75, 3.05) is 6.26 Å². The fraction of sp³-hybridized carbons (Fsp3) is 0.250. The molecule has 180 valence electrons. The Bertz CT molecular complexity index is 1380. The zero-order chi connectivity index (χ0) is 25.3. The first-order valence-electron chi connectivity index (χ1n) is 10.3. The molecule has 34 heavy (non-hydrogen) atoms. The molecule has 0 unspecified atom stereocenters. The summed E-state index contributed by atoms with van der Waals surface area (Å²) in [4.78, 5) is 26.1. The van der Waals surface area contributed by atoms with E-state index in [9.17, 15) is 31.2 Å². The molecule has 1 amide bonds. The van der Waals surface area contributed by atoms with Gasteiger partial charge in [0, 0.05) is 24.2 Å². The third kappa shape index (κ3) is 5.56. The van der Waals surface area contributed by atoms with Gasteiger partial charge in [0.25, 0.3) is 11.5 Å². The van der Waals surface area contributed by atoms with Crippen LogP contribution in [0.2, 0.25) is 0 Å². The maximum atomic E-state index is 13.2. The molecule has 3 aromatic rings. The number of alkyl halides is 3. The standard InChI is InChI=1S/C24H23F3N2O4S/c1-15(2)21-12-11-20(22(30)28-14-16-7-9-19(10-8-16)34(3,32)33)23(31)29(21)18-6-4-5-17(13-18)24(25,26)27/h4-13,15H,14H2,1-3H3,(H,28,30). The molecule has 0 spiro atoms. The Morgan fingerprint density at radius 3 is 2.24 bits per heavy atom. The summed E-state index contributed by atoms with van der Waals surface area (Å²) < 4.78 is 63.9. The fourth-order valence-corrected chi connectivity index (χ4v) is 4.03. The van der Waals surface area contributed by atoms with Crippen molar-refractivity contribution < 1.29 is 26.4 Å². The van der Waals surface area contributed by atoms with Crippen LogP contribution in [0.3, 0.4) is 0 Å². The van der Waals surface area contributed by atoms with Gasteiger partial charge in [0.1, 0.15) is 5.56 Å². The first-order valence-corrected chi connectivity index (χ1v) is 12.2. The van der Waals surface area contributed by atoms with Crippen molar-refractivity contribution in [1.82, 2.24) is 9.88 Å². The van der Waals surface area contributed by atoms with Crippen molar-refractivity contribution >= 4 is 15.7 Å². The lowest BCUT2D eigenvalue weighted by Gasteiger charge is -2.18. The molecule has 1 N–H and O–H groups in total. The van der Waals surface area contributed by atoms with E-state index in [1.807, 2.05) is 0 Å². The van der Waals surface area contributed by atoms with Gasteiger partial charge in [-0.05, 0) is 53.9 Å². The molecule has 0 saturated heterocycles. The predicted molar refractivity (Wildman–Crippen MR) is 122 cm³/mol. The van der Waals surface area contributed by atoms with E-state index in [4.69, 9.17) is 0 Å². The largest absolute Gasteiger partial charge is 0.416 e. The lowest BCUT2D eigenvalue weighted by atomic mass is 10.1. The van der Waals surface area contributed by atoms with Crippen molar-refractivity contribution in [1.29, 1.82) is 0 Å². The quantitative estimate of drug-likeness (QED) is 0.556. The number of benzene rings is 2. The van der Waals surface area contributed by atoms with E-state index in [0.29, 0.717) is 11.3 Å². The van der Waals surface area contributed by atoms with E-state index in [2.05, 4.69) is 5.32 Å². The van der Waals surface area contributed by atoms with Crippen LogP contribution >= 0.6 is 0 Å². The minimum Gasteiger partial charge on any atom is -0.348 e. The molecule has 0 saturated carbocycles. The summed E-state index contributed by atoms with van der Waals surface area (Å²) >= 11 is 0. The van der Waals surface area contributed by atoms with Crippen LogP contribution in [0.5, 0.6) is 0 Å². The average Bonchev–Trinajstić information content (AvgIpc) is 2.76. The third-order valence-corrected chi connectivity index (χ3v) is 6.31. The van der Waals surface area contributed by atoms with Crippen LogP contribution in [0.25, 0.3) is 5.69 Å². The zero-order valence-corrected chi connectivity index (χ0v) is 19.5. The highest BCUT2D eigenvalue weighted by Crippen LogP contribution is 2.30. The normalized spacial score (nSPS) is 12.1. The smallest absolute Gasteiger partial charge is 0.348 e. The maximum absolute atomic E-state index is 13.2. The topological polar surface area (TPSA) is 85.2 Å². The molecule has 0 bridgehead atoms. The molecule has 0 atom stereocenters. The summed E-state index contributed by atoms with van der Waals surface area (Å²) in [5, 5.41) is 2.60. The Balaban J connectivity index is 1.94. The molecule has 10 heteroatoms. The van der Waals surface area contributed by atoms with Crippen LogP contribution in [-0.4, -0.2) is 25.1 Å². The van der Waals surface area contributed by atoms with Gasteiger partial charge < -0.3 is 5.32 Å². The summed E-state index contributed by atoms with van der Waals surface area (Å²) in [6.07, 6.45) is -3.50. The van der Waals surface area contributed by atoms with Crippen molar-refractivity contribution in [3.8, 4) is 5.69 Å². The number of sulfone groups is 1. The summed E-state index contributed by atoms with van der Waals surface area (Å²) in [6.45, 7) is 3.61. The number of nitrogens with zero attached hydrogens (tertiary/aromatic N) is 1. The number of hydrogen-bond donors (Lipinski definition) is 1. The highest BCUT2D eigenvalue weighted by Gasteiger charge is 2.31. The number of nitrogens with one attached hydrogen (secondary N) is 1. The van der Waals surface area contributed by atoms with Gasteiger partial charge in [-0.15, -0.1) is 0 Å². The van der Waals surface area contributed by atoms with E-state index in [-0.39, 0.29) is 28.6 Å². The molecule has 3 rings (SSSR count). The minimum absolute atomic E-state index is 0.00883. The zero-order valence-electron chi connectivity index (χ0n) is 18.7. The molecular weight excluding hydrogens is 469 g/mol. The number of aromatic nitrogens is 1. The van der Waals surface area contributed by atoms with Crippen LogP contribution in [0.15, 0.2) is 70.4 Å². The summed E-state index contributed by atoms with van der Waals surface area (Å²) in [7, 11) is -3.36. The monoisotopic (exact) mass is 492 g/mol. The molecule has 0 aliphatic heterocycles. The van der Waals surface area contributed by atoms with Gasteiger partial charge in [-0.3, -0.25) is 14.2 Å². The second-order valence-electron chi connectivity index (χ2n) is 8.11. The van der Waals surface area contributed by atoms with Gasteiger partial charge in [0.2, 0.25) is 0 Å². The summed E-state index contributed by atoms with van der Waals surface area (Å²) in [5.74, 6) is -0.902. The Kier molecular flexibility index (Phi) is 7.02. The number of halogens is 3. The first-order chi connectivity index (χ1) is 15.8. The van der Waals surface area contributed by atoms with Crippen LogP contribution in [-0.2, 0) is 22.6 Å². The lowest BCUT2D eigenvalue weighted by molar-refractivity contribution is -0.137. The molecule has 0 fully saturated rings. The Morgan fingerprint density at radius 1 is 1.03 bits per heavy atom. The van der Waals surface area contributed by atoms with Crippen LogP contribution < -0.4 is 10.9 Å². The second-order valence-corrected chi connectivity index (χ2v) is 10.1. The van der Waals surface area contributed by atoms with Gasteiger partial charge in [-0.2, -0.15) is 13.2 Å². The molecule has 6 nitrogen and oxygen atoms in total. The molecule has 1 heterocycles. The third-order valence-electron chi connectivity index (χ3n) is 5.18. The van der Waals surface area contributed by atoms with Gasteiger partial charge >= 0.3 is 6.18 Å². The summed E-state index contributed by atoms with van der Waals surface area (Å²) in [6, 6.07) is 13.2. The number of amides is 1. The summed E-state index contributed by atoms with van der Waals surface area (Å²) in [5.41, 5.74) is -0.798. The molecular formula is C24H23F3N2O4S. The number of carbonyl (C=O) groups excluding carboxylic acids is 1. The number of rotatable bonds is 6.